The van der Waals surface area contributed by atoms with Crippen LogP contribution in [0.5, 0.6) is 0 Å². The normalized spacial score (nSPS) is 21.4. The molecule has 1 aliphatic rings. The summed E-state index contributed by atoms with van der Waals surface area (Å²) >= 11 is 0. The highest BCUT2D eigenvalue weighted by molar-refractivity contribution is 5.04. The molecule has 1 rings (SSSR count). The Labute approximate surface area is 94.9 Å². The molecule has 0 aliphatic heterocycles. The van der Waals surface area contributed by atoms with E-state index in [1.807, 2.05) is 0 Å². The van der Waals surface area contributed by atoms with Crippen molar-refractivity contribution in [3.63, 3.8) is 0 Å². The van der Waals surface area contributed by atoms with Crippen LogP contribution in [0.4, 0.5) is 0 Å². The van der Waals surface area contributed by atoms with E-state index in [1.165, 1.54) is 37.8 Å². The maximum Gasteiger partial charge on any atom is 0.0130 e. The minimum Gasteiger partial charge on any atom is -0.303 e. The van der Waals surface area contributed by atoms with Gasteiger partial charge in [-0.1, -0.05) is 23.3 Å². The maximum absolute atomic E-state index is 2.52. The Morgan fingerprint density at radius 2 is 2.27 bits per heavy atom. The Hall–Kier alpha value is -0.560. The van der Waals surface area contributed by atoms with Crippen LogP contribution in [0.25, 0.3) is 0 Å². The minimum atomic E-state index is 0.777. The van der Waals surface area contributed by atoms with E-state index in [4.69, 9.17) is 0 Å². The van der Waals surface area contributed by atoms with Gasteiger partial charge in [-0.05, 0) is 53.5 Å². The topological polar surface area (TPSA) is 3.24 Å². The molecule has 0 N–H and O–H groups in total. The molecule has 0 saturated heterocycles. The van der Waals surface area contributed by atoms with Gasteiger partial charge in [0.2, 0.25) is 0 Å². The van der Waals surface area contributed by atoms with Gasteiger partial charge in [-0.2, -0.15) is 0 Å². The summed E-state index contributed by atoms with van der Waals surface area (Å²) < 4.78 is 0. The fraction of sp³-hybridized carbons (Fsp3) is 0.714. The number of allylic oxidation sites excluding steroid dienone is 2. The number of hydrogen-bond acceptors (Lipinski definition) is 1. The smallest absolute Gasteiger partial charge is 0.0130 e. The lowest BCUT2D eigenvalue weighted by molar-refractivity contribution is 0.229. The largest absolute Gasteiger partial charge is 0.303 e. The first-order chi connectivity index (χ1) is 7.09. The van der Waals surface area contributed by atoms with Crippen LogP contribution in [0.3, 0.4) is 0 Å². The fourth-order valence-electron chi connectivity index (χ4n) is 2.09. The molecule has 0 aromatic heterocycles. The van der Waals surface area contributed by atoms with E-state index in [1.54, 1.807) is 5.57 Å². The van der Waals surface area contributed by atoms with Crippen LogP contribution >= 0.6 is 0 Å². The first-order valence-electron chi connectivity index (χ1n) is 6.09. The van der Waals surface area contributed by atoms with Crippen LogP contribution in [-0.4, -0.2) is 24.5 Å². The molecule has 0 spiro atoms. The van der Waals surface area contributed by atoms with Crippen molar-refractivity contribution in [3.8, 4) is 0 Å². The van der Waals surface area contributed by atoms with Crippen molar-refractivity contribution in [1.29, 1.82) is 0 Å². The van der Waals surface area contributed by atoms with Crippen LogP contribution < -0.4 is 0 Å². The molecular formula is C14H25N. The van der Waals surface area contributed by atoms with E-state index in [0.29, 0.717) is 0 Å². The molecule has 0 heterocycles. The zero-order valence-corrected chi connectivity index (χ0v) is 10.7. The van der Waals surface area contributed by atoms with Crippen LogP contribution in [0.2, 0.25) is 0 Å². The van der Waals surface area contributed by atoms with Gasteiger partial charge in [-0.3, -0.25) is 0 Å². The van der Waals surface area contributed by atoms with Crippen molar-refractivity contribution < 1.29 is 0 Å². The highest BCUT2D eigenvalue weighted by atomic mass is 15.1. The SMILES string of the molecule is CC(C)=CCCN(C)[C@H]1CC=C(C)CC1. The zero-order chi connectivity index (χ0) is 11.3. The molecule has 1 atom stereocenters. The summed E-state index contributed by atoms with van der Waals surface area (Å²) in [5.74, 6) is 0. The lowest BCUT2D eigenvalue weighted by atomic mass is 9.95. The van der Waals surface area contributed by atoms with Gasteiger partial charge in [0.05, 0.1) is 0 Å². The summed E-state index contributed by atoms with van der Waals surface area (Å²) in [6.45, 7) is 7.79. The van der Waals surface area contributed by atoms with Crippen LogP contribution in [0, 0.1) is 0 Å². The Bertz CT molecular complexity index is 246. The third-order valence-corrected chi connectivity index (χ3v) is 3.27. The predicted octanol–water partition coefficient (Wildman–Crippen LogP) is 3.77. The van der Waals surface area contributed by atoms with E-state index < -0.39 is 0 Å². The average molecular weight is 207 g/mol. The summed E-state index contributed by atoms with van der Waals surface area (Å²) in [5, 5.41) is 0. The standard InChI is InChI=1S/C14H25N/c1-12(2)6-5-11-15(4)14-9-7-13(3)8-10-14/h6-7,14H,5,8-11H2,1-4H3/t14-/m0/s1. The van der Waals surface area contributed by atoms with E-state index in [-0.39, 0.29) is 0 Å². The quantitative estimate of drug-likeness (QED) is 0.634. The Kier molecular flexibility index (Phi) is 5.10. The molecule has 15 heavy (non-hydrogen) atoms. The number of hydrogen-bond donors (Lipinski definition) is 0. The summed E-state index contributed by atoms with van der Waals surface area (Å²) in [6.07, 6.45) is 9.81. The van der Waals surface area contributed by atoms with E-state index in [2.05, 4.69) is 44.9 Å². The monoisotopic (exact) mass is 207 g/mol. The van der Waals surface area contributed by atoms with E-state index in [9.17, 15) is 0 Å². The molecule has 86 valence electrons. The van der Waals surface area contributed by atoms with Gasteiger partial charge in [-0.15, -0.1) is 0 Å². The van der Waals surface area contributed by atoms with Crippen molar-refractivity contribution >= 4 is 0 Å². The van der Waals surface area contributed by atoms with Gasteiger partial charge < -0.3 is 4.90 Å². The van der Waals surface area contributed by atoms with Crippen molar-refractivity contribution in [3.05, 3.63) is 23.3 Å². The summed E-state index contributed by atoms with van der Waals surface area (Å²) in [6, 6.07) is 0.777. The first kappa shape index (κ1) is 12.5. The van der Waals surface area contributed by atoms with Crippen LogP contribution in [0.15, 0.2) is 23.3 Å². The third-order valence-electron chi connectivity index (χ3n) is 3.27. The van der Waals surface area contributed by atoms with Crippen molar-refractivity contribution in [2.75, 3.05) is 13.6 Å². The number of rotatable bonds is 4. The van der Waals surface area contributed by atoms with E-state index >= 15 is 0 Å². The summed E-state index contributed by atoms with van der Waals surface area (Å²) in [7, 11) is 2.26. The summed E-state index contributed by atoms with van der Waals surface area (Å²) in [5.41, 5.74) is 3.01. The first-order valence-corrected chi connectivity index (χ1v) is 6.09. The number of nitrogens with zero attached hydrogens (tertiary/aromatic N) is 1. The van der Waals surface area contributed by atoms with Gasteiger partial charge in [0.25, 0.3) is 0 Å². The molecule has 0 fully saturated rings. The van der Waals surface area contributed by atoms with Gasteiger partial charge >= 0.3 is 0 Å². The maximum atomic E-state index is 2.52. The average Bonchev–Trinajstić information content (AvgIpc) is 2.18. The molecule has 0 amide bonds. The van der Waals surface area contributed by atoms with Crippen molar-refractivity contribution in [1.82, 2.24) is 4.90 Å². The van der Waals surface area contributed by atoms with Crippen molar-refractivity contribution in [2.24, 2.45) is 0 Å². The molecular weight excluding hydrogens is 182 g/mol. The Balaban J connectivity index is 2.29. The third kappa shape index (κ3) is 4.65. The van der Waals surface area contributed by atoms with Gasteiger partial charge in [0.1, 0.15) is 0 Å². The molecule has 1 aliphatic carbocycles. The highest BCUT2D eigenvalue weighted by Crippen LogP contribution is 2.21. The van der Waals surface area contributed by atoms with Gasteiger partial charge in [0, 0.05) is 12.6 Å². The zero-order valence-electron chi connectivity index (χ0n) is 10.7. The molecule has 0 aromatic carbocycles. The molecule has 0 aromatic rings. The highest BCUT2D eigenvalue weighted by Gasteiger charge is 2.16. The lowest BCUT2D eigenvalue weighted by Gasteiger charge is -2.29. The Morgan fingerprint density at radius 1 is 1.53 bits per heavy atom. The molecule has 0 unspecified atom stereocenters. The second-order valence-electron chi connectivity index (χ2n) is 5.03. The fourth-order valence-corrected chi connectivity index (χ4v) is 2.09. The minimum absolute atomic E-state index is 0.777. The second kappa shape index (κ2) is 6.12. The lowest BCUT2D eigenvalue weighted by Crippen LogP contribution is -2.33. The molecule has 1 nitrogen and oxygen atoms in total. The molecule has 0 saturated carbocycles. The Morgan fingerprint density at radius 3 is 2.80 bits per heavy atom. The summed E-state index contributed by atoms with van der Waals surface area (Å²) in [4.78, 5) is 2.52. The van der Waals surface area contributed by atoms with Crippen molar-refractivity contribution in [2.45, 2.75) is 52.5 Å². The van der Waals surface area contributed by atoms with Crippen LogP contribution in [0.1, 0.15) is 46.5 Å². The second-order valence-corrected chi connectivity index (χ2v) is 5.03. The molecule has 1 heteroatoms. The van der Waals surface area contributed by atoms with Crippen LogP contribution in [-0.2, 0) is 0 Å². The molecule has 0 radical (unpaired) electrons. The van der Waals surface area contributed by atoms with Gasteiger partial charge in [-0.25, -0.2) is 0 Å². The van der Waals surface area contributed by atoms with E-state index in [0.717, 1.165) is 6.04 Å². The van der Waals surface area contributed by atoms with Gasteiger partial charge in [0.15, 0.2) is 0 Å². The molecule has 0 bridgehead atoms. The predicted molar refractivity (Wildman–Crippen MR) is 68.1 cm³/mol.